The number of nitrogens with one attached hydrogen (secondary N) is 1. The van der Waals surface area contributed by atoms with E-state index >= 15 is 0 Å². The Morgan fingerprint density at radius 3 is 2.28 bits per heavy atom. The standard InChI is InChI=1S/C22H23F2NO4/c1-13(2)19(29-12-14-3-8-17(23)18(24)11-14)20(26)25-22(9-10-22)16-6-4-15(5-7-16)21(27)28/h3-8,11,13,19H,9-10,12H2,1-2H3,(H,25,26)(H,27,28). The van der Waals surface area contributed by atoms with E-state index in [4.69, 9.17) is 9.84 Å². The molecule has 2 aromatic carbocycles. The Kier molecular flexibility index (Phi) is 5.98. The van der Waals surface area contributed by atoms with Crippen LogP contribution in [0.5, 0.6) is 0 Å². The van der Waals surface area contributed by atoms with Gasteiger partial charge in [-0.2, -0.15) is 0 Å². The topological polar surface area (TPSA) is 75.6 Å². The van der Waals surface area contributed by atoms with E-state index in [0.29, 0.717) is 5.56 Å². The molecule has 0 radical (unpaired) electrons. The van der Waals surface area contributed by atoms with Crippen LogP contribution in [0.1, 0.15) is 48.2 Å². The first-order valence-electron chi connectivity index (χ1n) is 9.43. The number of rotatable bonds is 8. The fourth-order valence-electron chi connectivity index (χ4n) is 3.24. The molecule has 0 bridgehead atoms. The summed E-state index contributed by atoms with van der Waals surface area (Å²) >= 11 is 0. The van der Waals surface area contributed by atoms with Crippen LogP contribution in [0.3, 0.4) is 0 Å². The van der Waals surface area contributed by atoms with Crippen molar-refractivity contribution in [2.75, 3.05) is 0 Å². The molecule has 154 valence electrons. The average Bonchev–Trinajstić information content (AvgIpc) is 3.45. The van der Waals surface area contributed by atoms with Gasteiger partial charge < -0.3 is 15.2 Å². The lowest BCUT2D eigenvalue weighted by Gasteiger charge is -2.25. The molecule has 0 spiro atoms. The summed E-state index contributed by atoms with van der Waals surface area (Å²) in [6, 6.07) is 9.95. The van der Waals surface area contributed by atoms with E-state index in [1.807, 2.05) is 13.8 Å². The minimum atomic E-state index is -1.00. The number of ether oxygens (including phenoxy) is 1. The second-order valence-corrected chi connectivity index (χ2v) is 7.68. The van der Waals surface area contributed by atoms with Crippen LogP contribution in [0.2, 0.25) is 0 Å². The third-order valence-corrected chi connectivity index (χ3v) is 5.07. The molecule has 0 heterocycles. The van der Waals surface area contributed by atoms with Crippen molar-refractivity contribution in [3.05, 3.63) is 70.8 Å². The number of benzene rings is 2. The molecule has 1 fully saturated rings. The largest absolute Gasteiger partial charge is 0.478 e. The highest BCUT2D eigenvalue weighted by molar-refractivity contribution is 5.87. The van der Waals surface area contributed by atoms with Crippen LogP contribution in [-0.2, 0) is 21.7 Å². The number of carboxylic acid groups (broad SMARTS) is 1. The summed E-state index contributed by atoms with van der Waals surface area (Å²) in [4.78, 5) is 23.9. The fraction of sp³-hybridized carbons (Fsp3) is 0.364. The molecule has 1 saturated carbocycles. The van der Waals surface area contributed by atoms with E-state index in [2.05, 4.69) is 5.32 Å². The van der Waals surface area contributed by atoms with Crippen molar-refractivity contribution >= 4 is 11.9 Å². The lowest BCUT2D eigenvalue weighted by Crippen LogP contribution is -2.44. The smallest absolute Gasteiger partial charge is 0.335 e. The number of carbonyl (C=O) groups is 2. The van der Waals surface area contributed by atoms with Crippen molar-refractivity contribution < 1.29 is 28.2 Å². The molecule has 5 nitrogen and oxygen atoms in total. The molecule has 1 atom stereocenters. The lowest BCUT2D eigenvalue weighted by atomic mass is 10.0. The molecule has 1 unspecified atom stereocenters. The van der Waals surface area contributed by atoms with Gasteiger partial charge in [-0.1, -0.05) is 32.0 Å². The number of carbonyl (C=O) groups excluding carboxylic acids is 1. The van der Waals surface area contributed by atoms with Gasteiger partial charge >= 0.3 is 5.97 Å². The lowest BCUT2D eigenvalue weighted by molar-refractivity contribution is -0.137. The van der Waals surface area contributed by atoms with Gasteiger partial charge in [0, 0.05) is 0 Å². The Labute approximate surface area is 167 Å². The van der Waals surface area contributed by atoms with Gasteiger partial charge in [-0.05, 0) is 54.2 Å². The maximum absolute atomic E-state index is 13.4. The molecule has 7 heteroatoms. The Morgan fingerprint density at radius 1 is 1.10 bits per heavy atom. The molecule has 0 aliphatic heterocycles. The van der Waals surface area contributed by atoms with Crippen LogP contribution in [0.4, 0.5) is 8.78 Å². The van der Waals surface area contributed by atoms with E-state index in [9.17, 15) is 18.4 Å². The maximum atomic E-state index is 13.4. The van der Waals surface area contributed by atoms with Gasteiger partial charge in [0.25, 0.3) is 0 Å². The summed E-state index contributed by atoms with van der Waals surface area (Å²) in [5, 5.41) is 12.1. The van der Waals surface area contributed by atoms with Gasteiger partial charge in [-0.15, -0.1) is 0 Å². The normalized spacial score (nSPS) is 15.8. The molecular weight excluding hydrogens is 380 g/mol. The highest BCUT2D eigenvalue weighted by Gasteiger charge is 2.46. The molecule has 2 N–H and O–H groups in total. The summed E-state index contributed by atoms with van der Waals surface area (Å²) in [6.45, 7) is 3.67. The van der Waals surface area contributed by atoms with Gasteiger partial charge in [0.05, 0.1) is 17.7 Å². The second-order valence-electron chi connectivity index (χ2n) is 7.68. The zero-order valence-electron chi connectivity index (χ0n) is 16.2. The molecule has 1 aliphatic carbocycles. The number of hydrogen-bond donors (Lipinski definition) is 2. The summed E-state index contributed by atoms with van der Waals surface area (Å²) in [7, 11) is 0. The van der Waals surface area contributed by atoms with Gasteiger partial charge in [-0.25, -0.2) is 13.6 Å². The van der Waals surface area contributed by atoms with E-state index in [1.165, 1.54) is 18.2 Å². The minimum absolute atomic E-state index is 0.0201. The van der Waals surface area contributed by atoms with Crippen LogP contribution in [-0.4, -0.2) is 23.1 Å². The predicted octanol–water partition coefficient (Wildman–Crippen LogP) is 4.01. The van der Waals surface area contributed by atoms with Crippen molar-refractivity contribution in [2.24, 2.45) is 5.92 Å². The van der Waals surface area contributed by atoms with E-state index in [-0.39, 0.29) is 24.0 Å². The second kappa shape index (κ2) is 8.29. The quantitative estimate of drug-likeness (QED) is 0.698. The van der Waals surface area contributed by atoms with Crippen LogP contribution in [0.25, 0.3) is 0 Å². The van der Waals surface area contributed by atoms with Crippen molar-refractivity contribution in [2.45, 2.75) is 44.9 Å². The van der Waals surface area contributed by atoms with Gasteiger partial charge in [0.15, 0.2) is 11.6 Å². The highest BCUT2D eigenvalue weighted by Crippen LogP contribution is 2.45. The third kappa shape index (κ3) is 4.79. The Bertz CT molecular complexity index is 908. The average molecular weight is 403 g/mol. The van der Waals surface area contributed by atoms with Crippen molar-refractivity contribution in [3.8, 4) is 0 Å². The monoisotopic (exact) mass is 403 g/mol. The maximum Gasteiger partial charge on any atom is 0.335 e. The minimum Gasteiger partial charge on any atom is -0.478 e. The molecule has 1 amide bonds. The first kappa shape index (κ1) is 20.9. The number of halogens is 2. The Balaban J connectivity index is 1.67. The molecule has 2 aromatic rings. The summed E-state index contributed by atoms with van der Waals surface area (Å²) in [5.41, 5.74) is 0.949. The number of aromatic carboxylic acids is 1. The molecule has 3 rings (SSSR count). The van der Waals surface area contributed by atoms with Crippen LogP contribution >= 0.6 is 0 Å². The highest BCUT2D eigenvalue weighted by atomic mass is 19.2. The SMILES string of the molecule is CC(C)C(OCc1ccc(F)c(F)c1)C(=O)NC1(c2ccc(C(=O)O)cc2)CC1. The van der Waals surface area contributed by atoms with E-state index < -0.39 is 29.2 Å². The van der Waals surface area contributed by atoms with Gasteiger partial charge in [0.2, 0.25) is 5.91 Å². The van der Waals surface area contributed by atoms with E-state index in [1.54, 1.807) is 12.1 Å². The van der Waals surface area contributed by atoms with E-state index in [0.717, 1.165) is 30.5 Å². The predicted molar refractivity (Wildman–Crippen MR) is 102 cm³/mol. The zero-order valence-corrected chi connectivity index (χ0v) is 16.2. The van der Waals surface area contributed by atoms with Crippen molar-refractivity contribution in [1.82, 2.24) is 5.32 Å². The first-order chi connectivity index (χ1) is 13.7. The molecule has 0 saturated heterocycles. The van der Waals surface area contributed by atoms with Crippen molar-refractivity contribution in [1.29, 1.82) is 0 Å². The molecular formula is C22H23F2NO4. The number of amides is 1. The zero-order chi connectivity index (χ0) is 21.2. The molecule has 29 heavy (non-hydrogen) atoms. The van der Waals surface area contributed by atoms with Gasteiger partial charge in [-0.3, -0.25) is 4.79 Å². The van der Waals surface area contributed by atoms with Crippen molar-refractivity contribution in [3.63, 3.8) is 0 Å². The Hall–Kier alpha value is -2.80. The summed E-state index contributed by atoms with van der Waals surface area (Å²) in [6.07, 6.45) is 0.733. The van der Waals surface area contributed by atoms with Crippen LogP contribution in [0.15, 0.2) is 42.5 Å². The fourth-order valence-corrected chi connectivity index (χ4v) is 3.24. The van der Waals surface area contributed by atoms with Gasteiger partial charge in [0.1, 0.15) is 6.10 Å². The number of carboxylic acids is 1. The van der Waals surface area contributed by atoms with Crippen LogP contribution < -0.4 is 5.32 Å². The molecule has 1 aliphatic rings. The Morgan fingerprint density at radius 2 is 1.76 bits per heavy atom. The third-order valence-electron chi connectivity index (χ3n) is 5.07. The van der Waals surface area contributed by atoms with Crippen LogP contribution in [0, 0.1) is 17.6 Å². The summed E-state index contributed by atoms with van der Waals surface area (Å²) in [5.74, 6) is -3.32. The summed E-state index contributed by atoms with van der Waals surface area (Å²) < 4.78 is 32.2. The molecule has 0 aromatic heterocycles. The number of hydrogen-bond acceptors (Lipinski definition) is 3. The first-order valence-corrected chi connectivity index (χ1v) is 9.43.